The third-order valence-corrected chi connectivity index (χ3v) is 3.92. The lowest BCUT2D eigenvalue weighted by molar-refractivity contribution is 0.633. The van der Waals surface area contributed by atoms with Gasteiger partial charge in [0, 0.05) is 22.3 Å². The smallest absolute Gasteiger partial charge is 0.0432 e. The highest BCUT2D eigenvalue weighted by atomic mass is 127. The van der Waals surface area contributed by atoms with Gasteiger partial charge in [-0.1, -0.05) is 0 Å². The lowest BCUT2D eigenvalue weighted by Crippen LogP contribution is -2.34. The van der Waals surface area contributed by atoms with Crippen LogP contribution in [-0.4, -0.2) is 13.1 Å². The molecule has 0 N–H and O–H groups in total. The van der Waals surface area contributed by atoms with Crippen molar-refractivity contribution in [2.24, 2.45) is 0 Å². The van der Waals surface area contributed by atoms with Crippen LogP contribution in [0.4, 0.5) is 5.69 Å². The Balaban J connectivity index is 2.20. The van der Waals surface area contributed by atoms with E-state index in [1.54, 1.807) is 16.8 Å². The fourth-order valence-electron chi connectivity index (χ4n) is 2.76. The molecule has 0 spiro atoms. The molecule has 2 aliphatic rings. The Morgan fingerprint density at radius 1 is 1.00 bits per heavy atom. The van der Waals surface area contributed by atoms with Gasteiger partial charge in [-0.05, 0) is 71.5 Å². The molecule has 74 valence electrons. The molecule has 0 saturated heterocycles. The van der Waals surface area contributed by atoms with Gasteiger partial charge in [0.15, 0.2) is 0 Å². The van der Waals surface area contributed by atoms with Crippen LogP contribution in [0.25, 0.3) is 0 Å². The van der Waals surface area contributed by atoms with E-state index in [2.05, 4.69) is 39.6 Å². The highest BCUT2D eigenvalue weighted by molar-refractivity contribution is 14.1. The minimum atomic E-state index is 1.28. The Kier molecular flexibility index (Phi) is 2.19. The molecule has 0 bridgehead atoms. The second kappa shape index (κ2) is 3.40. The van der Waals surface area contributed by atoms with Crippen molar-refractivity contribution in [3.05, 3.63) is 26.8 Å². The van der Waals surface area contributed by atoms with Crippen molar-refractivity contribution in [1.29, 1.82) is 0 Å². The van der Waals surface area contributed by atoms with Crippen LogP contribution in [0, 0.1) is 3.57 Å². The van der Waals surface area contributed by atoms with Crippen molar-refractivity contribution in [2.45, 2.75) is 25.7 Å². The van der Waals surface area contributed by atoms with Gasteiger partial charge in [-0.15, -0.1) is 0 Å². The predicted octanol–water partition coefficient (Wildman–Crippen LogP) is 2.99. The maximum atomic E-state index is 2.59. The van der Waals surface area contributed by atoms with Crippen LogP contribution < -0.4 is 4.90 Å². The first-order valence-corrected chi connectivity index (χ1v) is 6.49. The molecule has 2 aliphatic heterocycles. The maximum absolute atomic E-state index is 2.59. The van der Waals surface area contributed by atoms with Crippen molar-refractivity contribution in [1.82, 2.24) is 0 Å². The molecule has 0 aliphatic carbocycles. The van der Waals surface area contributed by atoms with Crippen LogP contribution in [0.1, 0.15) is 24.0 Å². The number of rotatable bonds is 0. The van der Waals surface area contributed by atoms with Crippen molar-refractivity contribution in [2.75, 3.05) is 18.0 Å². The molecule has 0 saturated carbocycles. The summed E-state index contributed by atoms with van der Waals surface area (Å²) in [6.07, 6.45) is 5.25. The average molecular weight is 299 g/mol. The topological polar surface area (TPSA) is 3.24 Å². The number of nitrogens with zero attached hydrogens (tertiary/aromatic N) is 1. The summed E-state index contributed by atoms with van der Waals surface area (Å²) in [6, 6.07) is 4.74. The summed E-state index contributed by atoms with van der Waals surface area (Å²) in [4.78, 5) is 2.59. The van der Waals surface area contributed by atoms with E-state index in [9.17, 15) is 0 Å². The number of benzene rings is 1. The molecule has 14 heavy (non-hydrogen) atoms. The number of aryl methyl sites for hydroxylation is 2. The van der Waals surface area contributed by atoms with Gasteiger partial charge in [-0.3, -0.25) is 0 Å². The van der Waals surface area contributed by atoms with Crippen LogP contribution in [-0.2, 0) is 12.8 Å². The van der Waals surface area contributed by atoms with Gasteiger partial charge in [0.2, 0.25) is 0 Å². The van der Waals surface area contributed by atoms with E-state index >= 15 is 0 Å². The quantitative estimate of drug-likeness (QED) is 0.666. The third kappa shape index (κ3) is 1.35. The van der Waals surface area contributed by atoms with Crippen LogP contribution in [0.2, 0.25) is 0 Å². The highest BCUT2D eigenvalue weighted by Crippen LogP contribution is 2.36. The molecule has 0 aromatic heterocycles. The SMILES string of the molecule is Ic1cc2c3c(c1)CCCN3CCC2. The fraction of sp³-hybridized carbons (Fsp3) is 0.500. The van der Waals surface area contributed by atoms with Gasteiger partial charge < -0.3 is 4.90 Å². The Hall–Kier alpha value is -0.250. The summed E-state index contributed by atoms with van der Waals surface area (Å²) in [5.41, 5.74) is 4.78. The van der Waals surface area contributed by atoms with E-state index in [1.807, 2.05) is 0 Å². The molecule has 0 amide bonds. The largest absolute Gasteiger partial charge is 0.371 e. The summed E-state index contributed by atoms with van der Waals surface area (Å²) in [7, 11) is 0. The van der Waals surface area contributed by atoms with Gasteiger partial charge in [-0.25, -0.2) is 0 Å². The standard InChI is InChI=1S/C12H14IN/c13-11-7-9-3-1-5-14-6-2-4-10(8-11)12(9)14/h7-8H,1-6H2. The molecule has 1 aromatic carbocycles. The maximum Gasteiger partial charge on any atom is 0.0432 e. The van der Waals surface area contributed by atoms with E-state index in [0.717, 1.165) is 0 Å². The molecular formula is C12H14IN. The molecule has 3 rings (SSSR count). The first-order valence-electron chi connectivity index (χ1n) is 5.41. The summed E-state index contributed by atoms with van der Waals surface area (Å²) in [5, 5.41) is 0. The molecule has 0 fully saturated rings. The second-order valence-electron chi connectivity index (χ2n) is 4.27. The Morgan fingerprint density at radius 2 is 1.57 bits per heavy atom. The molecule has 0 atom stereocenters. The zero-order chi connectivity index (χ0) is 9.54. The van der Waals surface area contributed by atoms with Crippen molar-refractivity contribution < 1.29 is 0 Å². The zero-order valence-electron chi connectivity index (χ0n) is 8.22. The zero-order valence-corrected chi connectivity index (χ0v) is 10.4. The van der Waals surface area contributed by atoms with Crippen LogP contribution in [0.5, 0.6) is 0 Å². The predicted molar refractivity (Wildman–Crippen MR) is 68.0 cm³/mol. The molecule has 2 heterocycles. The van der Waals surface area contributed by atoms with E-state index in [0.29, 0.717) is 0 Å². The fourth-order valence-corrected chi connectivity index (χ4v) is 3.51. The molecule has 0 unspecified atom stereocenters. The van der Waals surface area contributed by atoms with Gasteiger partial charge in [0.25, 0.3) is 0 Å². The first kappa shape index (κ1) is 9.01. The third-order valence-electron chi connectivity index (χ3n) is 3.30. The van der Waals surface area contributed by atoms with Crippen LogP contribution in [0.15, 0.2) is 12.1 Å². The molecular weight excluding hydrogens is 285 g/mol. The van der Waals surface area contributed by atoms with E-state index in [1.165, 1.54) is 42.3 Å². The van der Waals surface area contributed by atoms with Gasteiger partial charge in [0.05, 0.1) is 0 Å². The lowest BCUT2D eigenvalue weighted by atomic mass is 9.92. The van der Waals surface area contributed by atoms with Crippen LogP contribution >= 0.6 is 22.6 Å². The Bertz CT molecular complexity index is 342. The summed E-state index contributed by atoms with van der Waals surface area (Å²) in [6.45, 7) is 2.56. The molecule has 0 radical (unpaired) electrons. The number of halogens is 1. The minimum absolute atomic E-state index is 1.28. The summed E-state index contributed by atoms with van der Waals surface area (Å²) < 4.78 is 1.42. The number of anilines is 1. The first-order chi connectivity index (χ1) is 6.84. The van der Waals surface area contributed by atoms with E-state index in [-0.39, 0.29) is 0 Å². The van der Waals surface area contributed by atoms with E-state index < -0.39 is 0 Å². The van der Waals surface area contributed by atoms with Crippen molar-refractivity contribution in [3.63, 3.8) is 0 Å². The molecule has 1 nitrogen and oxygen atoms in total. The normalized spacial score (nSPS) is 19.4. The van der Waals surface area contributed by atoms with Crippen molar-refractivity contribution >= 4 is 28.3 Å². The second-order valence-corrected chi connectivity index (χ2v) is 5.51. The average Bonchev–Trinajstić information content (AvgIpc) is 2.18. The minimum Gasteiger partial charge on any atom is -0.371 e. The van der Waals surface area contributed by atoms with Crippen molar-refractivity contribution in [3.8, 4) is 0 Å². The number of hydrogen-bond donors (Lipinski definition) is 0. The Morgan fingerprint density at radius 3 is 2.14 bits per heavy atom. The number of hydrogen-bond acceptors (Lipinski definition) is 1. The van der Waals surface area contributed by atoms with Crippen LogP contribution in [0.3, 0.4) is 0 Å². The molecule has 1 aromatic rings. The summed E-state index contributed by atoms with van der Waals surface area (Å²) in [5.74, 6) is 0. The summed E-state index contributed by atoms with van der Waals surface area (Å²) >= 11 is 2.45. The molecule has 2 heteroatoms. The lowest BCUT2D eigenvalue weighted by Gasteiger charge is -2.37. The van der Waals surface area contributed by atoms with E-state index in [4.69, 9.17) is 0 Å². The monoisotopic (exact) mass is 299 g/mol. The van der Waals surface area contributed by atoms with Gasteiger partial charge in [-0.2, -0.15) is 0 Å². The van der Waals surface area contributed by atoms with Gasteiger partial charge >= 0.3 is 0 Å². The highest BCUT2D eigenvalue weighted by Gasteiger charge is 2.23. The van der Waals surface area contributed by atoms with Gasteiger partial charge in [0.1, 0.15) is 0 Å². The Labute approximate surface area is 98.6 Å².